The number of nitrogen functional groups attached to an aromatic ring is 1. The fourth-order valence-electron chi connectivity index (χ4n) is 2.51. The zero-order chi connectivity index (χ0) is 10.3. The summed E-state index contributed by atoms with van der Waals surface area (Å²) in [4.78, 5) is 4.25. The van der Waals surface area contributed by atoms with Crippen molar-refractivity contribution < 1.29 is 0 Å². The van der Waals surface area contributed by atoms with E-state index in [4.69, 9.17) is 5.73 Å². The summed E-state index contributed by atoms with van der Waals surface area (Å²) in [6.45, 7) is 0. The van der Waals surface area contributed by atoms with Gasteiger partial charge in [-0.2, -0.15) is 5.10 Å². The van der Waals surface area contributed by atoms with Crippen molar-refractivity contribution >= 4 is 11.3 Å². The van der Waals surface area contributed by atoms with Crippen LogP contribution in [0, 0.1) is 0 Å². The molecule has 2 heterocycles. The van der Waals surface area contributed by atoms with Gasteiger partial charge < -0.3 is 5.73 Å². The number of fused-ring (bicyclic) bond motifs is 1. The first-order chi connectivity index (χ1) is 7.36. The van der Waals surface area contributed by atoms with E-state index in [0.29, 0.717) is 5.92 Å². The third-order valence-corrected chi connectivity index (χ3v) is 3.22. The van der Waals surface area contributed by atoms with Gasteiger partial charge in [0.2, 0.25) is 0 Å². The van der Waals surface area contributed by atoms with Crippen LogP contribution in [-0.4, -0.2) is 14.6 Å². The number of nitrogens with two attached hydrogens (primary N) is 1. The first kappa shape index (κ1) is 8.71. The molecule has 15 heavy (non-hydrogen) atoms. The molecule has 4 heteroatoms. The molecule has 3 rings (SSSR count). The van der Waals surface area contributed by atoms with Crippen LogP contribution in [0.2, 0.25) is 0 Å². The Morgan fingerprint density at radius 3 is 2.93 bits per heavy atom. The van der Waals surface area contributed by atoms with Crippen LogP contribution in [-0.2, 0) is 0 Å². The molecule has 1 aliphatic carbocycles. The number of anilines is 1. The third-order valence-electron chi connectivity index (χ3n) is 3.22. The normalized spacial score (nSPS) is 17.6. The summed E-state index contributed by atoms with van der Waals surface area (Å²) in [5.74, 6) is 0.565. The van der Waals surface area contributed by atoms with Crippen molar-refractivity contribution in [3.05, 3.63) is 24.2 Å². The van der Waals surface area contributed by atoms with Crippen LogP contribution in [0.3, 0.4) is 0 Å². The summed E-state index contributed by atoms with van der Waals surface area (Å²) in [6.07, 6.45) is 8.58. The van der Waals surface area contributed by atoms with Gasteiger partial charge in [0.25, 0.3) is 0 Å². The third kappa shape index (κ3) is 1.28. The van der Waals surface area contributed by atoms with Crippen molar-refractivity contribution in [3.63, 3.8) is 0 Å². The molecule has 0 atom stereocenters. The Kier molecular flexibility index (Phi) is 1.87. The molecule has 0 unspecified atom stereocenters. The maximum absolute atomic E-state index is 6.00. The average Bonchev–Trinajstić information content (AvgIpc) is 2.85. The summed E-state index contributed by atoms with van der Waals surface area (Å²) in [7, 11) is 0. The highest BCUT2D eigenvalue weighted by molar-refractivity contribution is 5.50. The Balaban J connectivity index is 2.21. The minimum atomic E-state index is 0.565. The molecule has 0 aromatic carbocycles. The van der Waals surface area contributed by atoms with E-state index in [2.05, 4.69) is 10.1 Å². The van der Waals surface area contributed by atoms with Crippen molar-refractivity contribution in [2.24, 2.45) is 0 Å². The van der Waals surface area contributed by atoms with Gasteiger partial charge in [-0.05, 0) is 12.8 Å². The monoisotopic (exact) mass is 202 g/mol. The van der Waals surface area contributed by atoms with Crippen molar-refractivity contribution in [1.29, 1.82) is 0 Å². The summed E-state index contributed by atoms with van der Waals surface area (Å²) >= 11 is 0. The summed E-state index contributed by atoms with van der Waals surface area (Å²) in [6, 6.07) is 1.91. The van der Waals surface area contributed by atoms with E-state index in [1.807, 2.05) is 10.6 Å². The number of hydrogen-bond donors (Lipinski definition) is 1. The van der Waals surface area contributed by atoms with Gasteiger partial charge in [-0.25, -0.2) is 9.50 Å². The lowest BCUT2D eigenvalue weighted by molar-refractivity contribution is 0.665. The van der Waals surface area contributed by atoms with Crippen LogP contribution in [0.1, 0.15) is 37.3 Å². The van der Waals surface area contributed by atoms with Gasteiger partial charge in [-0.3, -0.25) is 0 Å². The predicted molar refractivity (Wildman–Crippen MR) is 58.6 cm³/mol. The zero-order valence-electron chi connectivity index (χ0n) is 8.56. The lowest BCUT2D eigenvalue weighted by atomic mass is 10.0. The van der Waals surface area contributed by atoms with E-state index in [1.54, 1.807) is 12.4 Å². The zero-order valence-corrected chi connectivity index (χ0v) is 8.56. The SMILES string of the molecule is Nc1cnc2ccnn2c1C1CCCC1. The first-order valence-electron chi connectivity index (χ1n) is 5.44. The second kappa shape index (κ2) is 3.22. The van der Waals surface area contributed by atoms with Crippen LogP contribution in [0.4, 0.5) is 5.69 Å². The molecule has 2 aromatic heterocycles. The highest BCUT2D eigenvalue weighted by Gasteiger charge is 2.22. The van der Waals surface area contributed by atoms with E-state index in [1.165, 1.54) is 25.7 Å². The fourth-order valence-corrected chi connectivity index (χ4v) is 2.51. The molecule has 0 aliphatic heterocycles. The molecular weight excluding hydrogens is 188 g/mol. The predicted octanol–water partition coefficient (Wildman–Crippen LogP) is 1.97. The van der Waals surface area contributed by atoms with E-state index >= 15 is 0 Å². The lowest BCUT2D eigenvalue weighted by Gasteiger charge is -2.13. The number of rotatable bonds is 1. The molecule has 0 amide bonds. The minimum Gasteiger partial charge on any atom is -0.396 e. The van der Waals surface area contributed by atoms with Crippen LogP contribution in [0.15, 0.2) is 18.5 Å². The Hall–Kier alpha value is -1.58. The molecule has 78 valence electrons. The summed E-state index contributed by atoms with van der Waals surface area (Å²) in [5, 5.41) is 4.30. The van der Waals surface area contributed by atoms with Gasteiger partial charge in [0.05, 0.1) is 23.8 Å². The Bertz CT molecular complexity index is 482. The maximum atomic E-state index is 6.00. The fraction of sp³-hybridized carbons (Fsp3) is 0.455. The van der Waals surface area contributed by atoms with Crippen molar-refractivity contribution in [2.75, 3.05) is 5.73 Å². The summed E-state index contributed by atoms with van der Waals surface area (Å²) in [5.41, 5.74) is 8.83. The van der Waals surface area contributed by atoms with Crippen molar-refractivity contribution in [3.8, 4) is 0 Å². The molecule has 0 saturated heterocycles. The molecule has 1 fully saturated rings. The van der Waals surface area contributed by atoms with Gasteiger partial charge in [-0.1, -0.05) is 12.8 Å². The molecule has 0 spiro atoms. The maximum Gasteiger partial charge on any atom is 0.155 e. The van der Waals surface area contributed by atoms with Crippen LogP contribution in [0.25, 0.3) is 5.65 Å². The average molecular weight is 202 g/mol. The van der Waals surface area contributed by atoms with E-state index in [9.17, 15) is 0 Å². The smallest absolute Gasteiger partial charge is 0.155 e. The molecular formula is C11H14N4. The van der Waals surface area contributed by atoms with Gasteiger partial charge in [0, 0.05) is 12.0 Å². The summed E-state index contributed by atoms with van der Waals surface area (Å²) < 4.78 is 1.89. The molecule has 2 N–H and O–H groups in total. The number of nitrogens with zero attached hydrogens (tertiary/aromatic N) is 3. The second-order valence-electron chi connectivity index (χ2n) is 4.18. The standard InChI is InChI=1S/C11H14N4/c12-9-7-13-10-5-6-14-15(10)11(9)8-3-1-2-4-8/h5-8H,1-4,12H2. The van der Waals surface area contributed by atoms with E-state index < -0.39 is 0 Å². The van der Waals surface area contributed by atoms with Crippen molar-refractivity contribution in [1.82, 2.24) is 14.6 Å². The van der Waals surface area contributed by atoms with Gasteiger partial charge >= 0.3 is 0 Å². The van der Waals surface area contributed by atoms with Crippen LogP contribution >= 0.6 is 0 Å². The molecule has 1 saturated carbocycles. The molecule has 0 bridgehead atoms. The first-order valence-corrected chi connectivity index (χ1v) is 5.44. The van der Waals surface area contributed by atoms with Crippen LogP contribution in [0.5, 0.6) is 0 Å². The Labute approximate surface area is 88.1 Å². The highest BCUT2D eigenvalue weighted by Crippen LogP contribution is 2.36. The van der Waals surface area contributed by atoms with Gasteiger partial charge in [0.15, 0.2) is 5.65 Å². The minimum absolute atomic E-state index is 0.565. The van der Waals surface area contributed by atoms with Crippen LogP contribution < -0.4 is 5.73 Å². The van der Waals surface area contributed by atoms with Gasteiger partial charge in [0.1, 0.15) is 0 Å². The highest BCUT2D eigenvalue weighted by atomic mass is 15.3. The molecule has 4 nitrogen and oxygen atoms in total. The lowest BCUT2D eigenvalue weighted by Crippen LogP contribution is -2.08. The van der Waals surface area contributed by atoms with E-state index in [0.717, 1.165) is 17.0 Å². The number of hydrogen-bond acceptors (Lipinski definition) is 3. The second-order valence-corrected chi connectivity index (χ2v) is 4.18. The largest absolute Gasteiger partial charge is 0.396 e. The Morgan fingerprint density at radius 1 is 1.33 bits per heavy atom. The van der Waals surface area contributed by atoms with Crippen molar-refractivity contribution in [2.45, 2.75) is 31.6 Å². The van der Waals surface area contributed by atoms with E-state index in [-0.39, 0.29) is 0 Å². The molecule has 1 aliphatic rings. The Morgan fingerprint density at radius 2 is 2.13 bits per heavy atom. The molecule has 2 aromatic rings. The quantitative estimate of drug-likeness (QED) is 0.769. The number of aromatic nitrogens is 3. The van der Waals surface area contributed by atoms with Gasteiger partial charge in [-0.15, -0.1) is 0 Å². The molecule has 0 radical (unpaired) electrons. The topological polar surface area (TPSA) is 56.2 Å².